The van der Waals surface area contributed by atoms with Gasteiger partial charge in [0, 0.05) is 14.0 Å². The third-order valence-corrected chi connectivity index (χ3v) is 5.35. The third kappa shape index (κ3) is 5.48. The number of nitrogens with zero attached hydrogens (tertiary/aromatic N) is 3. The first-order valence-electron chi connectivity index (χ1n) is 9.30. The van der Waals surface area contributed by atoms with Crippen molar-refractivity contribution in [3.63, 3.8) is 0 Å². The van der Waals surface area contributed by atoms with Gasteiger partial charge in [-0.05, 0) is 55.9 Å². The lowest BCUT2D eigenvalue weighted by Crippen LogP contribution is -2.32. The molecule has 0 spiro atoms. The lowest BCUT2D eigenvalue weighted by molar-refractivity contribution is 0.140. The summed E-state index contributed by atoms with van der Waals surface area (Å²) < 4.78 is 3.75. The molecular weight excluding hydrogens is 338 g/mol. The molecule has 0 bridgehead atoms. The molecule has 0 amide bonds. The zero-order chi connectivity index (χ0) is 18.2. The molecule has 3 aromatic rings. The molecule has 2 aromatic carbocycles. The van der Waals surface area contributed by atoms with Crippen LogP contribution in [-0.2, 0) is 6.54 Å². The first-order valence-corrected chi connectivity index (χ1v) is 10.1. The van der Waals surface area contributed by atoms with Gasteiger partial charge < -0.3 is 0 Å². The van der Waals surface area contributed by atoms with E-state index in [-0.39, 0.29) is 1.43 Å². The van der Waals surface area contributed by atoms with Crippen LogP contribution >= 0.6 is 11.5 Å². The van der Waals surface area contributed by atoms with Crippen molar-refractivity contribution in [2.75, 3.05) is 6.54 Å². The quantitative estimate of drug-likeness (QED) is 0.584. The summed E-state index contributed by atoms with van der Waals surface area (Å²) in [5.74, 6) is 0. The first-order chi connectivity index (χ1) is 12.7. The van der Waals surface area contributed by atoms with Crippen molar-refractivity contribution in [1.82, 2.24) is 14.3 Å². The molecule has 1 atom stereocenters. The van der Waals surface area contributed by atoms with Gasteiger partial charge in [0.25, 0.3) is 0 Å². The number of hydrogen-bond acceptors (Lipinski definition) is 4. The average Bonchev–Trinajstić information content (AvgIpc) is 3.16. The summed E-state index contributed by atoms with van der Waals surface area (Å²) in [5, 5.41) is 1.02. The molecule has 1 aliphatic heterocycles. The van der Waals surface area contributed by atoms with Crippen molar-refractivity contribution >= 4 is 11.5 Å². The number of hydrogen-bond donors (Lipinski definition) is 0. The minimum absolute atomic E-state index is 0. The van der Waals surface area contributed by atoms with Crippen LogP contribution in [0.4, 0.5) is 0 Å². The minimum atomic E-state index is 0. The number of aryl methyl sites for hydroxylation is 2. The molecule has 4 rings (SSSR count). The fourth-order valence-corrected chi connectivity index (χ4v) is 3.73. The maximum Gasteiger partial charge on any atom is 0.129 e. The van der Waals surface area contributed by atoms with Gasteiger partial charge in [0.1, 0.15) is 11.3 Å². The highest BCUT2D eigenvalue weighted by Crippen LogP contribution is 2.31. The summed E-state index contributed by atoms with van der Waals surface area (Å²) in [4.78, 5) is 6.47. The molecule has 0 N–H and O–H groups in total. The normalized spacial score (nSPS) is 17.4. The van der Waals surface area contributed by atoms with Gasteiger partial charge in [-0.1, -0.05) is 66.6 Å². The van der Waals surface area contributed by atoms with Crippen LogP contribution in [0, 0.1) is 13.8 Å². The number of aromatic nitrogens is 2. The first kappa shape index (κ1) is 18.7. The Morgan fingerprint density at radius 3 is 2.42 bits per heavy atom. The molecule has 0 radical (unpaired) electrons. The Balaban J connectivity index is 0.000000320. The van der Waals surface area contributed by atoms with Gasteiger partial charge >= 0.3 is 0 Å². The lowest BCUT2D eigenvalue weighted by atomic mass is 9.94. The van der Waals surface area contributed by atoms with Gasteiger partial charge in [-0.3, -0.25) is 4.90 Å². The number of piperidine rings is 1. The maximum absolute atomic E-state index is 3.82. The van der Waals surface area contributed by atoms with E-state index in [1.54, 1.807) is 6.33 Å². The van der Waals surface area contributed by atoms with Crippen molar-refractivity contribution < 1.29 is 1.43 Å². The van der Waals surface area contributed by atoms with Crippen LogP contribution in [0.25, 0.3) is 0 Å². The molecule has 1 fully saturated rings. The van der Waals surface area contributed by atoms with E-state index in [1.165, 1.54) is 54.0 Å². The smallest absolute Gasteiger partial charge is 0.129 e. The van der Waals surface area contributed by atoms with Crippen molar-refractivity contribution in [2.45, 2.75) is 45.7 Å². The van der Waals surface area contributed by atoms with Crippen molar-refractivity contribution in [3.8, 4) is 0 Å². The van der Waals surface area contributed by atoms with E-state index in [2.05, 4.69) is 75.8 Å². The molecule has 1 aliphatic rings. The van der Waals surface area contributed by atoms with Gasteiger partial charge in [0.05, 0.1) is 0 Å². The molecule has 0 aliphatic carbocycles. The third-order valence-electron chi connectivity index (χ3n) is 4.78. The Bertz CT molecular complexity index is 760. The van der Waals surface area contributed by atoms with Gasteiger partial charge in [0.15, 0.2) is 0 Å². The fraction of sp³-hybridized carbons (Fsp3) is 0.364. The molecule has 26 heavy (non-hydrogen) atoms. The molecule has 4 heteroatoms. The van der Waals surface area contributed by atoms with Crippen LogP contribution in [0.3, 0.4) is 0 Å². The summed E-state index contributed by atoms with van der Waals surface area (Å²) in [7, 11) is 0. The zero-order valence-electron chi connectivity index (χ0n) is 15.6. The SMILES string of the molecule is Cc1ccc(CN2CCCC[C@@H]2c2ccccc2)cc1.Cc1ncns1.[HH]. The van der Waals surface area contributed by atoms with E-state index in [0.29, 0.717) is 6.04 Å². The van der Waals surface area contributed by atoms with Gasteiger partial charge in [-0.15, -0.1) is 0 Å². The molecule has 2 heterocycles. The van der Waals surface area contributed by atoms with Crippen LogP contribution in [0.5, 0.6) is 0 Å². The highest BCUT2D eigenvalue weighted by Gasteiger charge is 2.23. The summed E-state index contributed by atoms with van der Waals surface area (Å²) >= 11 is 1.42. The predicted molar refractivity (Wildman–Crippen MR) is 111 cm³/mol. The predicted octanol–water partition coefficient (Wildman–Crippen LogP) is 5.81. The Kier molecular flexibility index (Phi) is 6.92. The second-order valence-corrected chi connectivity index (χ2v) is 7.82. The van der Waals surface area contributed by atoms with Crippen LogP contribution in [0.15, 0.2) is 60.9 Å². The highest BCUT2D eigenvalue weighted by atomic mass is 32.1. The Morgan fingerprint density at radius 2 is 1.81 bits per heavy atom. The Morgan fingerprint density at radius 1 is 1.04 bits per heavy atom. The van der Waals surface area contributed by atoms with Crippen molar-refractivity contribution in [3.05, 3.63) is 82.6 Å². The number of likely N-dealkylation sites (tertiary alicyclic amines) is 1. The molecule has 138 valence electrons. The van der Waals surface area contributed by atoms with E-state index in [1.807, 2.05) is 6.92 Å². The Hall–Kier alpha value is -2.04. The van der Waals surface area contributed by atoms with Crippen LogP contribution in [0.1, 0.15) is 48.4 Å². The fourth-order valence-electron chi connectivity index (χ4n) is 3.39. The minimum Gasteiger partial charge on any atom is -0.292 e. The number of benzene rings is 2. The molecule has 0 saturated carbocycles. The number of rotatable bonds is 3. The maximum atomic E-state index is 3.82. The van der Waals surface area contributed by atoms with E-state index >= 15 is 0 Å². The topological polar surface area (TPSA) is 29.0 Å². The second kappa shape index (κ2) is 9.60. The van der Waals surface area contributed by atoms with Gasteiger partial charge in [0.2, 0.25) is 0 Å². The molecule has 1 saturated heterocycles. The van der Waals surface area contributed by atoms with Gasteiger partial charge in [-0.2, -0.15) is 4.37 Å². The van der Waals surface area contributed by atoms with E-state index in [0.717, 1.165) is 11.6 Å². The molecular formula is C22H29N3S. The molecule has 0 unspecified atom stereocenters. The second-order valence-electron chi connectivity index (χ2n) is 6.84. The summed E-state index contributed by atoms with van der Waals surface area (Å²) in [6.45, 7) is 6.36. The van der Waals surface area contributed by atoms with E-state index in [4.69, 9.17) is 0 Å². The Labute approximate surface area is 162 Å². The molecule has 1 aromatic heterocycles. The van der Waals surface area contributed by atoms with Gasteiger partial charge in [-0.25, -0.2) is 4.98 Å². The van der Waals surface area contributed by atoms with Crippen LogP contribution in [0.2, 0.25) is 0 Å². The van der Waals surface area contributed by atoms with E-state index in [9.17, 15) is 0 Å². The monoisotopic (exact) mass is 367 g/mol. The van der Waals surface area contributed by atoms with Crippen molar-refractivity contribution in [1.29, 1.82) is 0 Å². The highest BCUT2D eigenvalue weighted by molar-refractivity contribution is 7.05. The van der Waals surface area contributed by atoms with Crippen molar-refractivity contribution in [2.24, 2.45) is 0 Å². The molecule has 3 nitrogen and oxygen atoms in total. The van der Waals surface area contributed by atoms with Crippen LogP contribution < -0.4 is 0 Å². The van der Waals surface area contributed by atoms with Crippen LogP contribution in [-0.4, -0.2) is 20.8 Å². The van der Waals surface area contributed by atoms with E-state index < -0.39 is 0 Å². The standard InChI is InChI=1S/C19H23N.C3H4N2S.H2/c1-16-10-12-17(13-11-16)15-20-14-6-5-9-19(20)18-7-3-2-4-8-18;1-3-4-2-5-6-3;/h2-4,7-8,10-13,19H,5-6,9,14-15H2,1H3;2H,1H3;1H/t19-;;/m1../s1. The summed E-state index contributed by atoms with van der Waals surface area (Å²) in [5.41, 5.74) is 4.24. The largest absolute Gasteiger partial charge is 0.292 e. The average molecular weight is 368 g/mol. The summed E-state index contributed by atoms with van der Waals surface area (Å²) in [6.07, 6.45) is 5.52. The zero-order valence-corrected chi connectivity index (χ0v) is 16.5. The lowest BCUT2D eigenvalue weighted by Gasteiger charge is -2.36. The summed E-state index contributed by atoms with van der Waals surface area (Å²) in [6, 6.07) is 20.5.